The third-order valence-electron chi connectivity index (χ3n) is 6.29. The highest BCUT2D eigenvalue weighted by atomic mass is 16.7. The third kappa shape index (κ3) is 5.05. The molecule has 2 fully saturated rings. The summed E-state index contributed by atoms with van der Waals surface area (Å²) in [5, 5.41) is 0. The number of hydrogen-bond acceptors (Lipinski definition) is 7. The van der Waals surface area contributed by atoms with Gasteiger partial charge in [-0.25, -0.2) is 0 Å². The second kappa shape index (κ2) is 9.66. The minimum Gasteiger partial charge on any atom is -0.469 e. The summed E-state index contributed by atoms with van der Waals surface area (Å²) in [6.45, 7) is 6.83. The Hall–Kier alpha value is -2.32. The maximum atomic E-state index is 12.5. The van der Waals surface area contributed by atoms with E-state index in [0.29, 0.717) is 12.8 Å². The number of nitrogens with zero attached hydrogens (tertiary/aromatic N) is 3. The van der Waals surface area contributed by atoms with Crippen molar-refractivity contribution >= 4 is 11.9 Å². The van der Waals surface area contributed by atoms with E-state index < -0.39 is 0 Å². The van der Waals surface area contributed by atoms with Gasteiger partial charge in [-0.3, -0.25) is 19.4 Å². The van der Waals surface area contributed by atoms with Crippen molar-refractivity contribution in [3.8, 4) is 11.5 Å². The molecule has 1 atom stereocenters. The Kier molecular flexibility index (Phi) is 6.74. The minimum absolute atomic E-state index is 0.0616. The molecule has 0 saturated carbocycles. The van der Waals surface area contributed by atoms with Gasteiger partial charge in [-0.1, -0.05) is 6.07 Å². The molecule has 0 aromatic heterocycles. The first-order chi connectivity index (χ1) is 14.6. The zero-order valence-electron chi connectivity index (χ0n) is 17.7. The Labute approximate surface area is 177 Å². The largest absolute Gasteiger partial charge is 0.469 e. The highest BCUT2D eigenvalue weighted by molar-refractivity contribution is 5.81. The number of benzene rings is 1. The van der Waals surface area contributed by atoms with Crippen molar-refractivity contribution in [3.05, 3.63) is 23.8 Å². The molecule has 0 unspecified atom stereocenters. The number of piperidine rings is 1. The molecule has 0 N–H and O–H groups in total. The molecule has 8 heteroatoms. The topological polar surface area (TPSA) is 71.6 Å². The monoisotopic (exact) mass is 417 g/mol. The molecule has 4 rings (SSSR count). The number of carbonyl (C=O) groups is 2. The number of piperazine rings is 1. The second-order valence-corrected chi connectivity index (χ2v) is 8.21. The van der Waals surface area contributed by atoms with Crippen LogP contribution >= 0.6 is 0 Å². The Morgan fingerprint density at radius 2 is 1.87 bits per heavy atom. The van der Waals surface area contributed by atoms with Gasteiger partial charge in [0.15, 0.2) is 11.5 Å². The van der Waals surface area contributed by atoms with E-state index >= 15 is 0 Å². The lowest BCUT2D eigenvalue weighted by Gasteiger charge is -2.43. The molecule has 1 aromatic carbocycles. The van der Waals surface area contributed by atoms with Crippen LogP contribution in [0.4, 0.5) is 0 Å². The van der Waals surface area contributed by atoms with Gasteiger partial charge in [0, 0.05) is 58.3 Å². The average Bonchev–Trinajstić information content (AvgIpc) is 3.25. The summed E-state index contributed by atoms with van der Waals surface area (Å²) in [7, 11) is 1.36. The normalized spacial score (nSPS) is 22.2. The first-order valence-corrected chi connectivity index (χ1v) is 10.8. The Balaban J connectivity index is 1.23. The zero-order valence-corrected chi connectivity index (χ0v) is 17.7. The number of ether oxygens (including phenoxy) is 3. The highest BCUT2D eigenvalue weighted by Crippen LogP contribution is 2.33. The van der Waals surface area contributed by atoms with Crippen LogP contribution in [0.3, 0.4) is 0 Å². The van der Waals surface area contributed by atoms with Gasteiger partial charge in [0.1, 0.15) is 0 Å². The van der Waals surface area contributed by atoms with Gasteiger partial charge in [-0.2, -0.15) is 0 Å². The van der Waals surface area contributed by atoms with Crippen LogP contribution in [0.15, 0.2) is 18.2 Å². The van der Waals surface area contributed by atoms with Gasteiger partial charge in [-0.15, -0.1) is 0 Å². The number of fused-ring (bicyclic) bond motifs is 1. The Morgan fingerprint density at radius 3 is 2.67 bits per heavy atom. The molecule has 164 valence electrons. The van der Waals surface area contributed by atoms with Gasteiger partial charge in [0.25, 0.3) is 0 Å². The standard InChI is InChI=1S/C22H31N3O5/c1-28-22(27)7-6-21(26)25-8-2-3-18(15-25)24-11-9-23(10-12-24)14-17-4-5-19-20(13-17)30-16-29-19/h4-5,13,18H,2-3,6-12,14-16H2,1H3/t18-/m1/s1. The van der Waals surface area contributed by atoms with Crippen molar-refractivity contribution in [2.24, 2.45) is 0 Å². The molecule has 1 aromatic rings. The van der Waals surface area contributed by atoms with Crippen LogP contribution in [0.1, 0.15) is 31.2 Å². The van der Waals surface area contributed by atoms with Gasteiger partial charge >= 0.3 is 5.97 Å². The third-order valence-corrected chi connectivity index (χ3v) is 6.29. The number of amides is 1. The van der Waals surface area contributed by atoms with E-state index in [0.717, 1.165) is 70.2 Å². The predicted octanol–water partition coefficient (Wildman–Crippen LogP) is 1.48. The SMILES string of the molecule is COC(=O)CCC(=O)N1CCC[C@@H](N2CCN(Cc3ccc4c(c3)OCO4)CC2)C1. The number of carbonyl (C=O) groups excluding carboxylic acids is 2. The van der Waals surface area contributed by atoms with Crippen LogP contribution in [-0.2, 0) is 20.9 Å². The summed E-state index contributed by atoms with van der Waals surface area (Å²) < 4.78 is 15.5. The minimum atomic E-state index is -0.324. The number of rotatable bonds is 6. The molecule has 3 aliphatic heterocycles. The lowest BCUT2D eigenvalue weighted by Crippen LogP contribution is -2.55. The van der Waals surface area contributed by atoms with Gasteiger partial charge in [0.2, 0.25) is 12.7 Å². The fourth-order valence-electron chi connectivity index (χ4n) is 4.53. The van der Waals surface area contributed by atoms with E-state index in [4.69, 9.17) is 9.47 Å². The van der Waals surface area contributed by atoms with Crippen LogP contribution in [0, 0.1) is 0 Å². The van der Waals surface area contributed by atoms with Crippen LogP contribution in [0.5, 0.6) is 11.5 Å². The summed E-state index contributed by atoms with van der Waals surface area (Å²) in [6.07, 6.45) is 2.55. The van der Waals surface area contributed by atoms with E-state index in [2.05, 4.69) is 26.7 Å². The number of hydrogen-bond donors (Lipinski definition) is 0. The van der Waals surface area contributed by atoms with Crippen LogP contribution in [0.2, 0.25) is 0 Å². The second-order valence-electron chi connectivity index (χ2n) is 8.21. The lowest BCUT2D eigenvalue weighted by atomic mass is 10.0. The predicted molar refractivity (Wildman–Crippen MR) is 110 cm³/mol. The smallest absolute Gasteiger partial charge is 0.306 e. The van der Waals surface area contributed by atoms with E-state index in [1.54, 1.807) is 0 Å². The quantitative estimate of drug-likeness (QED) is 0.649. The number of methoxy groups -OCH3 is 1. The van der Waals surface area contributed by atoms with Crippen molar-refractivity contribution in [2.45, 2.75) is 38.3 Å². The molecule has 2 saturated heterocycles. The fourth-order valence-corrected chi connectivity index (χ4v) is 4.53. The van der Waals surface area contributed by atoms with E-state index in [9.17, 15) is 9.59 Å². The molecule has 3 heterocycles. The van der Waals surface area contributed by atoms with Crippen LogP contribution in [-0.4, -0.2) is 85.8 Å². The Morgan fingerprint density at radius 1 is 1.07 bits per heavy atom. The van der Waals surface area contributed by atoms with Crippen molar-refractivity contribution < 1.29 is 23.8 Å². The fraction of sp³-hybridized carbons (Fsp3) is 0.636. The van der Waals surface area contributed by atoms with Crippen molar-refractivity contribution in [1.29, 1.82) is 0 Å². The number of likely N-dealkylation sites (tertiary alicyclic amines) is 1. The molecule has 8 nitrogen and oxygen atoms in total. The Bertz CT molecular complexity index is 763. The van der Waals surface area contributed by atoms with E-state index in [1.165, 1.54) is 12.7 Å². The van der Waals surface area contributed by atoms with Crippen molar-refractivity contribution in [1.82, 2.24) is 14.7 Å². The van der Waals surface area contributed by atoms with Crippen LogP contribution < -0.4 is 9.47 Å². The van der Waals surface area contributed by atoms with Crippen molar-refractivity contribution in [3.63, 3.8) is 0 Å². The van der Waals surface area contributed by atoms with Gasteiger partial charge < -0.3 is 19.1 Å². The highest BCUT2D eigenvalue weighted by Gasteiger charge is 2.30. The van der Waals surface area contributed by atoms with Crippen molar-refractivity contribution in [2.75, 3.05) is 53.2 Å². The summed E-state index contributed by atoms with van der Waals surface area (Å²) in [5.74, 6) is 1.40. The maximum Gasteiger partial charge on any atom is 0.306 e. The average molecular weight is 418 g/mol. The maximum absolute atomic E-state index is 12.5. The number of esters is 1. The molecule has 30 heavy (non-hydrogen) atoms. The molecule has 1 amide bonds. The zero-order chi connectivity index (χ0) is 20.9. The summed E-state index contributed by atoms with van der Waals surface area (Å²) >= 11 is 0. The molecular formula is C22H31N3O5. The molecule has 0 bridgehead atoms. The lowest BCUT2D eigenvalue weighted by molar-refractivity contribution is -0.144. The molecule has 0 radical (unpaired) electrons. The van der Waals surface area contributed by atoms with Gasteiger partial charge in [-0.05, 0) is 30.5 Å². The van der Waals surface area contributed by atoms with Gasteiger partial charge in [0.05, 0.1) is 13.5 Å². The first-order valence-electron chi connectivity index (χ1n) is 10.8. The van der Waals surface area contributed by atoms with E-state index in [-0.39, 0.29) is 24.7 Å². The van der Waals surface area contributed by atoms with E-state index in [1.807, 2.05) is 11.0 Å². The summed E-state index contributed by atoms with van der Waals surface area (Å²) in [5.41, 5.74) is 1.24. The molecule has 0 aliphatic carbocycles. The first kappa shape index (κ1) is 20.9. The molecule has 3 aliphatic rings. The molecule has 0 spiro atoms. The van der Waals surface area contributed by atoms with Crippen LogP contribution in [0.25, 0.3) is 0 Å². The summed E-state index contributed by atoms with van der Waals surface area (Å²) in [6, 6.07) is 6.59. The summed E-state index contributed by atoms with van der Waals surface area (Å²) in [4.78, 5) is 30.7. The molecular weight excluding hydrogens is 386 g/mol.